The van der Waals surface area contributed by atoms with Crippen molar-refractivity contribution in [2.24, 2.45) is 5.41 Å². The summed E-state index contributed by atoms with van der Waals surface area (Å²) in [5.74, 6) is -1.41. The third-order valence-corrected chi connectivity index (χ3v) is 3.90. The second-order valence-corrected chi connectivity index (χ2v) is 5.28. The van der Waals surface area contributed by atoms with Crippen LogP contribution in [0.1, 0.15) is 38.5 Å². The molecule has 0 atom stereocenters. The van der Waals surface area contributed by atoms with Crippen LogP contribution in [0.15, 0.2) is 0 Å². The van der Waals surface area contributed by atoms with E-state index in [1.54, 1.807) is 0 Å². The smallest absolute Gasteiger partial charge is 0.310 e. The molecule has 2 saturated carbocycles. The number of carbonyl (C=O) groups excluding carboxylic acids is 1. The lowest BCUT2D eigenvalue weighted by Crippen LogP contribution is -2.45. The topological polar surface area (TPSA) is 57.6 Å². The molecule has 0 radical (unpaired) electrons. The number of alkyl halides is 2. The average molecular weight is 261 g/mol. The van der Waals surface area contributed by atoms with Gasteiger partial charge in [0.25, 0.3) is 6.43 Å². The highest BCUT2D eigenvalue weighted by Gasteiger charge is 2.48. The van der Waals surface area contributed by atoms with Gasteiger partial charge in [0.05, 0.1) is 12.0 Å². The molecule has 0 aromatic heterocycles. The number of hydrogen-bond acceptors (Lipinski definition) is 2. The van der Waals surface area contributed by atoms with Crippen molar-refractivity contribution in [3.05, 3.63) is 0 Å². The quantitative estimate of drug-likeness (QED) is 0.794. The minimum absolute atomic E-state index is 0.0996. The molecule has 0 unspecified atom stereocenters. The third-order valence-electron chi connectivity index (χ3n) is 3.90. The van der Waals surface area contributed by atoms with E-state index in [0.29, 0.717) is 12.8 Å². The van der Waals surface area contributed by atoms with Crippen LogP contribution < -0.4 is 0 Å². The summed E-state index contributed by atoms with van der Waals surface area (Å²) in [5, 5.41) is 9.13. The lowest BCUT2D eigenvalue weighted by Gasteiger charge is -2.38. The van der Waals surface area contributed by atoms with Crippen LogP contribution in [0.25, 0.3) is 0 Å². The molecule has 4 nitrogen and oxygen atoms in total. The fraction of sp³-hybridized carbons (Fsp3) is 0.833. The van der Waals surface area contributed by atoms with Gasteiger partial charge in [-0.15, -0.1) is 0 Å². The van der Waals surface area contributed by atoms with E-state index in [0.717, 1.165) is 19.3 Å². The van der Waals surface area contributed by atoms with Crippen LogP contribution in [-0.2, 0) is 9.59 Å². The maximum absolute atomic E-state index is 12.4. The predicted molar refractivity (Wildman–Crippen MR) is 59.3 cm³/mol. The summed E-state index contributed by atoms with van der Waals surface area (Å²) >= 11 is 0. The van der Waals surface area contributed by atoms with Gasteiger partial charge in [0.1, 0.15) is 0 Å². The van der Waals surface area contributed by atoms with E-state index in [2.05, 4.69) is 0 Å². The van der Waals surface area contributed by atoms with Crippen molar-refractivity contribution in [1.29, 1.82) is 0 Å². The van der Waals surface area contributed by atoms with E-state index in [1.807, 2.05) is 0 Å². The highest BCUT2D eigenvalue weighted by Crippen LogP contribution is 2.45. The number of aliphatic carboxylic acids is 1. The molecule has 0 spiro atoms. The summed E-state index contributed by atoms with van der Waals surface area (Å²) in [6, 6.07) is -0.0996. The van der Waals surface area contributed by atoms with Gasteiger partial charge in [-0.1, -0.05) is 6.42 Å². The summed E-state index contributed by atoms with van der Waals surface area (Å²) in [6.45, 7) is -0.570. The monoisotopic (exact) mass is 261 g/mol. The SMILES string of the molecule is O=C(CC1(C(=O)O)CCC1)N(CC(F)F)C1CC1. The molecule has 2 rings (SSSR count). The molecular formula is C12H17F2NO3. The lowest BCUT2D eigenvalue weighted by molar-refractivity contribution is -0.160. The molecule has 0 aromatic carbocycles. The normalized spacial score (nSPS) is 21.5. The Morgan fingerprint density at radius 3 is 2.28 bits per heavy atom. The van der Waals surface area contributed by atoms with Crippen LogP contribution >= 0.6 is 0 Å². The van der Waals surface area contributed by atoms with Gasteiger partial charge in [0.15, 0.2) is 0 Å². The molecule has 0 saturated heterocycles. The van der Waals surface area contributed by atoms with Crippen LogP contribution in [-0.4, -0.2) is 40.9 Å². The van der Waals surface area contributed by atoms with Crippen molar-refractivity contribution in [3.63, 3.8) is 0 Å². The maximum atomic E-state index is 12.4. The van der Waals surface area contributed by atoms with E-state index >= 15 is 0 Å². The van der Waals surface area contributed by atoms with Gasteiger partial charge < -0.3 is 10.0 Å². The van der Waals surface area contributed by atoms with Crippen molar-refractivity contribution in [1.82, 2.24) is 4.90 Å². The first-order valence-corrected chi connectivity index (χ1v) is 6.26. The highest BCUT2D eigenvalue weighted by atomic mass is 19.3. The second kappa shape index (κ2) is 4.82. The molecular weight excluding hydrogens is 244 g/mol. The molecule has 18 heavy (non-hydrogen) atoms. The number of nitrogens with zero attached hydrogens (tertiary/aromatic N) is 1. The summed E-state index contributed by atoms with van der Waals surface area (Å²) in [4.78, 5) is 24.3. The molecule has 0 bridgehead atoms. The number of carboxylic acids is 1. The Morgan fingerprint density at radius 2 is 1.94 bits per heavy atom. The number of hydrogen-bond donors (Lipinski definition) is 1. The molecule has 2 aliphatic rings. The minimum Gasteiger partial charge on any atom is -0.481 e. The van der Waals surface area contributed by atoms with Crippen LogP contribution in [0.5, 0.6) is 0 Å². The first-order valence-electron chi connectivity index (χ1n) is 6.26. The number of carbonyl (C=O) groups is 2. The zero-order valence-electron chi connectivity index (χ0n) is 10.1. The molecule has 1 amide bonds. The van der Waals surface area contributed by atoms with Crippen molar-refractivity contribution in [3.8, 4) is 0 Å². The molecule has 1 N–H and O–H groups in total. The number of rotatable bonds is 6. The van der Waals surface area contributed by atoms with Gasteiger partial charge in [-0.05, 0) is 25.7 Å². The lowest BCUT2D eigenvalue weighted by atomic mass is 9.66. The Bertz CT molecular complexity index is 351. The van der Waals surface area contributed by atoms with Crippen molar-refractivity contribution in [2.45, 2.75) is 51.0 Å². The standard InChI is InChI=1S/C12H17F2NO3/c13-9(14)7-15(8-2-3-8)10(16)6-12(11(17)18)4-1-5-12/h8-9H,1-7H2,(H,17,18). The summed E-state index contributed by atoms with van der Waals surface area (Å²) in [7, 11) is 0. The van der Waals surface area contributed by atoms with Crippen LogP contribution in [0, 0.1) is 5.41 Å². The molecule has 0 aromatic rings. The summed E-state index contributed by atoms with van der Waals surface area (Å²) < 4.78 is 24.8. The number of amides is 1. The molecule has 2 aliphatic carbocycles. The van der Waals surface area contributed by atoms with Crippen LogP contribution in [0.4, 0.5) is 8.78 Å². The van der Waals surface area contributed by atoms with Gasteiger partial charge in [0.2, 0.25) is 5.91 Å². The van der Waals surface area contributed by atoms with E-state index in [1.165, 1.54) is 4.90 Å². The predicted octanol–water partition coefficient (Wildman–Crippen LogP) is 1.89. The number of halogens is 2. The fourth-order valence-corrected chi connectivity index (χ4v) is 2.45. The van der Waals surface area contributed by atoms with Crippen molar-refractivity contribution >= 4 is 11.9 Å². The molecule has 0 aliphatic heterocycles. The van der Waals surface area contributed by atoms with Gasteiger partial charge in [-0.3, -0.25) is 9.59 Å². The third kappa shape index (κ3) is 2.62. The molecule has 2 fully saturated rings. The zero-order valence-corrected chi connectivity index (χ0v) is 10.1. The second-order valence-electron chi connectivity index (χ2n) is 5.28. The molecule has 6 heteroatoms. The van der Waals surface area contributed by atoms with Crippen LogP contribution in [0.3, 0.4) is 0 Å². The van der Waals surface area contributed by atoms with Gasteiger partial charge in [-0.2, -0.15) is 0 Å². The van der Waals surface area contributed by atoms with Gasteiger partial charge >= 0.3 is 5.97 Å². The van der Waals surface area contributed by atoms with Gasteiger partial charge in [-0.25, -0.2) is 8.78 Å². The Hall–Kier alpha value is -1.20. The van der Waals surface area contributed by atoms with Gasteiger partial charge in [0, 0.05) is 12.5 Å². The van der Waals surface area contributed by atoms with E-state index in [9.17, 15) is 18.4 Å². The summed E-state index contributed by atoms with van der Waals surface area (Å²) in [5.41, 5.74) is -0.994. The highest BCUT2D eigenvalue weighted by molar-refractivity contribution is 5.86. The van der Waals surface area contributed by atoms with E-state index in [4.69, 9.17) is 5.11 Å². The van der Waals surface area contributed by atoms with Crippen molar-refractivity contribution in [2.75, 3.05) is 6.54 Å². The molecule has 0 heterocycles. The maximum Gasteiger partial charge on any atom is 0.310 e. The van der Waals surface area contributed by atoms with Crippen LogP contribution in [0.2, 0.25) is 0 Å². The largest absolute Gasteiger partial charge is 0.481 e. The van der Waals surface area contributed by atoms with Crippen molar-refractivity contribution < 1.29 is 23.5 Å². The fourth-order valence-electron chi connectivity index (χ4n) is 2.45. The Kier molecular flexibility index (Phi) is 3.54. The first-order chi connectivity index (χ1) is 8.44. The Labute approximate surface area is 104 Å². The number of carboxylic acid groups (broad SMARTS) is 1. The summed E-state index contributed by atoms with van der Waals surface area (Å²) in [6.07, 6.45) is 0.542. The Morgan fingerprint density at radius 1 is 1.33 bits per heavy atom. The minimum atomic E-state index is -2.56. The first kappa shape index (κ1) is 13.2. The Balaban J connectivity index is 1.98. The molecule has 102 valence electrons. The average Bonchev–Trinajstić information content (AvgIpc) is 3.02. The van der Waals surface area contributed by atoms with E-state index < -0.39 is 30.3 Å². The van der Waals surface area contributed by atoms with E-state index in [-0.39, 0.29) is 12.5 Å². The zero-order chi connectivity index (χ0) is 13.3.